The molecule has 1 fully saturated rings. The molecule has 4 heteroatoms. The van der Waals surface area contributed by atoms with Crippen LogP contribution in [0, 0.1) is 17.3 Å². The molecule has 1 amide bonds. The molecule has 154 valence electrons. The van der Waals surface area contributed by atoms with E-state index in [4.69, 9.17) is 5.10 Å². The van der Waals surface area contributed by atoms with Gasteiger partial charge in [-0.1, -0.05) is 74.0 Å². The number of carbonyl (C=O) groups excluding carboxylic acids is 1. The molecule has 1 aliphatic rings. The topological polar surface area (TPSA) is 46.9 Å². The Bertz CT molecular complexity index is 1060. The molecule has 1 aliphatic carbocycles. The fourth-order valence-corrected chi connectivity index (χ4v) is 4.23. The summed E-state index contributed by atoms with van der Waals surface area (Å²) >= 11 is 0. The van der Waals surface area contributed by atoms with Crippen LogP contribution in [-0.4, -0.2) is 15.7 Å². The molecule has 0 radical (unpaired) electrons. The number of aromatic nitrogens is 2. The third kappa shape index (κ3) is 3.95. The molecule has 2 unspecified atom stereocenters. The summed E-state index contributed by atoms with van der Waals surface area (Å²) in [5.41, 5.74) is 5.23. The number of carbonyl (C=O) groups is 1. The SMILES string of the molecule is CC(C)=CC1C(C(=O)NCc2cn(-c3ccccc3)nc2-c2ccccc2)C1(C)C. The van der Waals surface area contributed by atoms with Gasteiger partial charge in [-0.05, 0) is 37.3 Å². The Morgan fingerprint density at radius 3 is 2.33 bits per heavy atom. The van der Waals surface area contributed by atoms with Crippen LogP contribution in [0.1, 0.15) is 33.3 Å². The monoisotopic (exact) mass is 399 g/mol. The van der Waals surface area contributed by atoms with Gasteiger partial charge in [-0.2, -0.15) is 5.10 Å². The maximum absolute atomic E-state index is 12.9. The zero-order valence-electron chi connectivity index (χ0n) is 18.1. The van der Waals surface area contributed by atoms with Gasteiger partial charge in [-0.15, -0.1) is 0 Å². The number of rotatable bonds is 6. The molecule has 4 nitrogen and oxygen atoms in total. The van der Waals surface area contributed by atoms with E-state index in [2.05, 4.69) is 51.2 Å². The second kappa shape index (κ2) is 7.94. The summed E-state index contributed by atoms with van der Waals surface area (Å²) < 4.78 is 1.89. The van der Waals surface area contributed by atoms with Crippen LogP contribution in [0.5, 0.6) is 0 Å². The van der Waals surface area contributed by atoms with Crippen LogP contribution in [0.25, 0.3) is 16.9 Å². The molecule has 0 aliphatic heterocycles. The third-order valence-corrected chi connectivity index (χ3v) is 6.02. The largest absolute Gasteiger partial charge is 0.352 e. The predicted molar refractivity (Wildman–Crippen MR) is 121 cm³/mol. The molecule has 0 spiro atoms. The van der Waals surface area contributed by atoms with Gasteiger partial charge in [0.25, 0.3) is 0 Å². The Morgan fingerprint density at radius 1 is 1.07 bits per heavy atom. The zero-order valence-corrected chi connectivity index (χ0v) is 18.1. The van der Waals surface area contributed by atoms with E-state index in [1.54, 1.807) is 0 Å². The van der Waals surface area contributed by atoms with Crippen LogP contribution in [0.2, 0.25) is 0 Å². The number of hydrogen-bond donors (Lipinski definition) is 1. The van der Waals surface area contributed by atoms with E-state index in [0.29, 0.717) is 12.5 Å². The first-order valence-corrected chi connectivity index (χ1v) is 10.5. The Balaban J connectivity index is 1.57. The maximum atomic E-state index is 12.9. The highest BCUT2D eigenvalue weighted by atomic mass is 16.2. The van der Waals surface area contributed by atoms with Crippen molar-refractivity contribution < 1.29 is 4.79 Å². The lowest BCUT2D eigenvalue weighted by molar-refractivity contribution is -0.123. The third-order valence-electron chi connectivity index (χ3n) is 6.02. The van der Waals surface area contributed by atoms with Gasteiger partial charge in [0.2, 0.25) is 5.91 Å². The van der Waals surface area contributed by atoms with E-state index in [-0.39, 0.29) is 17.2 Å². The molecule has 2 atom stereocenters. The van der Waals surface area contributed by atoms with E-state index in [9.17, 15) is 4.79 Å². The van der Waals surface area contributed by atoms with Gasteiger partial charge in [-0.3, -0.25) is 4.79 Å². The minimum Gasteiger partial charge on any atom is -0.352 e. The first-order chi connectivity index (χ1) is 14.4. The molecule has 1 heterocycles. The summed E-state index contributed by atoms with van der Waals surface area (Å²) in [4.78, 5) is 12.9. The van der Waals surface area contributed by atoms with Gasteiger partial charge in [0, 0.05) is 23.9 Å². The highest BCUT2D eigenvalue weighted by Crippen LogP contribution is 2.59. The number of nitrogens with one attached hydrogen (secondary N) is 1. The molecule has 4 rings (SSSR count). The van der Waals surface area contributed by atoms with E-state index < -0.39 is 0 Å². The molecule has 3 aromatic rings. The van der Waals surface area contributed by atoms with E-state index in [1.165, 1.54) is 5.57 Å². The molecule has 1 saturated carbocycles. The second-order valence-corrected chi connectivity index (χ2v) is 8.94. The summed E-state index contributed by atoms with van der Waals surface area (Å²) in [6, 6.07) is 20.2. The quantitative estimate of drug-likeness (QED) is 0.565. The fourth-order valence-electron chi connectivity index (χ4n) is 4.23. The van der Waals surface area contributed by atoms with E-state index in [0.717, 1.165) is 22.5 Å². The van der Waals surface area contributed by atoms with Crippen LogP contribution in [-0.2, 0) is 11.3 Å². The molecule has 2 aromatic carbocycles. The van der Waals surface area contributed by atoms with Gasteiger partial charge in [0.05, 0.1) is 17.3 Å². The summed E-state index contributed by atoms with van der Waals surface area (Å²) in [7, 11) is 0. The minimum atomic E-state index is 0.0117. The lowest BCUT2D eigenvalue weighted by Gasteiger charge is -2.06. The van der Waals surface area contributed by atoms with Crippen molar-refractivity contribution in [2.75, 3.05) is 0 Å². The Hall–Kier alpha value is -3.14. The van der Waals surface area contributed by atoms with Crippen molar-refractivity contribution in [3.8, 4) is 16.9 Å². The number of para-hydroxylation sites is 1. The van der Waals surface area contributed by atoms with Gasteiger partial charge in [-0.25, -0.2) is 4.68 Å². The molecule has 1 N–H and O–H groups in total. The summed E-state index contributed by atoms with van der Waals surface area (Å²) in [5.74, 6) is 0.453. The lowest BCUT2D eigenvalue weighted by Crippen LogP contribution is -2.26. The van der Waals surface area contributed by atoms with Gasteiger partial charge >= 0.3 is 0 Å². The number of benzene rings is 2. The molecular formula is C26H29N3O. The van der Waals surface area contributed by atoms with Crippen LogP contribution in [0.3, 0.4) is 0 Å². The lowest BCUT2D eigenvalue weighted by atomic mass is 10.1. The maximum Gasteiger partial charge on any atom is 0.224 e. The van der Waals surface area contributed by atoms with Crippen molar-refractivity contribution in [2.24, 2.45) is 17.3 Å². The van der Waals surface area contributed by atoms with Crippen molar-refractivity contribution in [1.29, 1.82) is 0 Å². The summed E-state index contributed by atoms with van der Waals surface area (Å²) in [6.07, 6.45) is 4.25. The number of amides is 1. The Morgan fingerprint density at radius 2 is 1.70 bits per heavy atom. The first kappa shape index (κ1) is 20.1. The van der Waals surface area contributed by atoms with Crippen molar-refractivity contribution in [2.45, 2.75) is 34.2 Å². The Kier molecular flexibility index (Phi) is 5.33. The number of hydrogen-bond acceptors (Lipinski definition) is 2. The molecule has 1 aromatic heterocycles. The fraction of sp³-hybridized carbons (Fsp3) is 0.308. The Labute approximate surface area is 178 Å². The van der Waals surface area contributed by atoms with Gasteiger partial charge < -0.3 is 5.32 Å². The zero-order chi connectivity index (χ0) is 21.3. The average molecular weight is 400 g/mol. The summed E-state index contributed by atoms with van der Waals surface area (Å²) in [5, 5.41) is 8.00. The van der Waals surface area contributed by atoms with Gasteiger partial charge in [0.15, 0.2) is 0 Å². The summed E-state index contributed by atoms with van der Waals surface area (Å²) in [6.45, 7) is 8.99. The van der Waals surface area contributed by atoms with Crippen LogP contribution in [0.15, 0.2) is 78.5 Å². The normalized spacial score (nSPS) is 19.2. The first-order valence-electron chi connectivity index (χ1n) is 10.5. The smallest absolute Gasteiger partial charge is 0.224 e. The minimum absolute atomic E-state index is 0.0117. The van der Waals surface area contributed by atoms with E-state index >= 15 is 0 Å². The van der Waals surface area contributed by atoms with Crippen molar-refractivity contribution >= 4 is 5.91 Å². The number of allylic oxidation sites excluding steroid dienone is 2. The van der Waals surface area contributed by atoms with E-state index in [1.807, 2.05) is 59.4 Å². The van der Waals surface area contributed by atoms with Crippen LogP contribution >= 0.6 is 0 Å². The van der Waals surface area contributed by atoms with Crippen molar-refractivity contribution in [3.63, 3.8) is 0 Å². The van der Waals surface area contributed by atoms with Gasteiger partial charge in [0.1, 0.15) is 0 Å². The van der Waals surface area contributed by atoms with Crippen molar-refractivity contribution in [1.82, 2.24) is 15.1 Å². The van der Waals surface area contributed by atoms with Crippen LogP contribution in [0.4, 0.5) is 0 Å². The predicted octanol–water partition coefficient (Wildman–Crippen LogP) is 5.39. The molecule has 0 saturated heterocycles. The molecular weight excluding hydrogens is 370 g/mol. The highest BCUT2D eigenvalue weighted by molar-refractivity contribution is 5.84. The average Bonchev–Trinajstić information content (AvgIpc) is 3.08. The van der Waals surface area contributed by atoms with Crippen molar-refractivity contribution in [3.05, 3.63) is 84.1 Å². The molecule has 0 bridgehead atoms. The van der Waals surface area contributed by atoms with Crippen LogP contribution < -0.4 is 5.32 Å². The molecule has 30 heavy (non-hydrogen) atoms. The highest BCUT2D eigenvalue weighted by Gasteiger charge is 2.60. The number of nitrogens with zero attached hydrogens (tertiary/aromatic N) is 2. The second-order valence-electron chi connectivity index (χ2n) is 8.94. The standard InChI is InChI=1S/C26H29N3O/c1-18(2)15-22-23(26(22,3)4)25(30)27-16-20-17-29(21-13-9-6-10-14-21)28-24(20)19-11-7-5-8-12-19/h5-15,17,22-23H,16H2,1-4H3,(H,27,30).